The van der Waals surface area contributed by atoms with Gasteiger partial charge in [-0.3, -0.25) is 9.59 Å². The molecule has 1 rings (SSSR count). The lowest BCUT2D eigenvalue weighted by Gasteiger charge is -2.22. The molecule has 7 nitrogen and oxygen atoms in total. The molecule has 26 heavy (non-hydrogen) atoms. The third-order valence-corrected chi connectivity index (χ3v) is 4.37. The van der Waals surface area contributed by atoms with E-state index in [0.717, 1.165) is 6.42 Å². The maximum atomic E-state index is 12.5. The summed E-state index contributed by atoms with van der Waals surface area (Å²) in [6, 6.07) is 0. The van der Waals surface area contributed by atoms with Gasteiger partial charge in [-0.15, -0.1) is 11.3 Å². The van der Waals surface area contributed by atoms with Crippen LogP contribution < -0.4 is 0 Å². The average Bonchev–Trinajstić information content (AvgIpc) is 3.05. The van der Waals surface area contributed by atoms with Crippen molar-refractivity contribution >= 4 is 29.2 Å². The largest absolute Gasteiger partial charge is 0.466 e. The normalized spacial score (nSPS) is 10.7. The molecule has 0 saturated heterocycles. The molecule has 1 amide bonds. The number of carbonyl (C=O) groups excluding carboxylic acids is 3. The summed E-state index contributed by atoms with van der Waals surface area (Å²) in [6.07, 6.45) is 1.02. The van der Waals surface area contributed by atoms with Crippen molar-refractivity contribution in [2.24, 2.45) is 5.92 Å². The quantitative estimate of drug-likeness (QED) is 0.545. The van der Waals surface area contributed by atoms with Crippen LogP contribution in [0.4, 0.5) is 0 Å². The lowest BCUT2D eigenvalue weighted by molar-refractivity contribution is -0.145. The fourth-order valence-electron chi connectivity index (χ4n) is 2.15. The molecule has 0 bridgehead atoms. The molecule has 0 unspecified atom stereocenters. The van der Waals surface area contributed by atoms with Crippen molar-refractivity contribution in [2.45, 2.75) is 53.5 Å². The lowest BCUT2D eigenvalue weighted by Crippen LogP contribution is -2.32. The predicted octanol–water partition coefficient (Wildman–Crippen LogP) is 3.04. The molecule has 0 N–H and O–H groups in total. The van der Waals surface area contributed by atoms with Gasteiger partial charge in [0.05, 0.1) is 26.2 Å². The van der Waals surface area contributed by atoms with Crippen molar-refractivity contribution < 1.29 is 23.9 Å². The summed E-state index contributed by atoms with van der Waals surface area (Å²) in [4.78, 5) is 41.7. The summed E-state index contributed by atoms with van der Waals surface area (Å²) in [5.74, 6) is -0.505. The Labute approximate surface area is 158 Å². The summed E-state index contributed by atoms with van der Waals surface area (Å²) >= 11 is 1.32. The molecule has 0 radical (unpaired) electrons. The molecule has 0 saturated carbocycles. The minimum Gasteiger partial charge on any atom is -0.466 e. The van der Waals surface area contributed by atoms with Gasteiger partial charge < -0.3 is 14.4 Å². The van der Waals surface area contributed by atoms with Crippen LogP contribution in [0.15, 0.2) is 5.38 Å². The number of ether oxygens (including phenoxy) is 2. The van der Waals surface area contributed by atoms with E-state index in [1.807, 2.05) is 0 Å². The van der Waals surface area contributed by atoms with Crippen molar-refractivity contribution in [1.82, 2.24) is 9.88 Å². The highest BCUT2D eigenvalue weighted by molar-refractivity contribution is 7.09. The first-order chi connectivity index (χ1) is 12.4. The second-order valence-corrected chi connectivity index (χ2v) is 7.09. The fourth-order valence-corrected chi connectivity index (χ4v) is 2.93. The van der Waals surface area contributed by atoms with Crippen LogP contribution in [0.2, 0.25) is 0 Å². The minimum atomic E-state index is -0.461. The van der Waals surface area contributed by atoms with Crippen LogP contribution in [0, 0.1) is 5.92 Å². The van der Waals surface area contributed by atoms with Crippen LogP contribution in [0.1, 0.15) is 62.5 Å². The molecule has 0 aliphatic carbocycles. The number of nitrogens with zero attached hydrogens (tertiary/aromatic N) is 2. The van der Waals surface area contributed by atoms with Gasteiger partial charge >= 0.3 is 11.9 Å². The van der Waals surface area contributed by atoms with E-state index < -0.39 is 5.97 Å². The summed E-state index contributed by atoms with van der Waals surface area (Å²) in [7, 11) is 0. The third-order valence-electron chi connectivity index (χ3n) is 3.54. The Hall–Kier alpha value is -1.96. The van der Waals surface area contributed by atoms with E-state index in [0.29, 0.717) is 37.2 Å². The van der Waals surface area contributed by atoms with E-state index in [1.165, 1.54) is 11.3 Å². The number of aromatic nitrogens is 1. The molecule has 1 aromatic rings. The SMILES string of the molecule is CCOC(=O)CCC(=O)N(CCC(C)C)Cc1nc(C(=O)OCC)cs1. The standard InChI is InChI=1S/C18H28N2O5S/c1-5-24-17(22)8-7-16(21)20(10-9-13(3)4)11-15-19-14(12-26-15)18(23)25-6-2/h12-13H,5-11H2,1-4H3. The molecule has 1 heterocycles. The first-order valence-electron chi connectivity index (χ1n) is 8.92. The zero-order chi connectivity index (χ0) is 19.5. The Morgan fingerprint density at radius 2 is 1.85 bits per heavy atom. The smallest absolute Gasteiger partial charge is 0.357 e. The van der Waals surface area contributed by atoms with Crippen molar-refractivity contribution in [2.75, 3.05) is 19.8 Å². The Morgan fingerprint density at radius 1 is 1.15 bits per heavy atom. The lowest BCUT2D eigenvalue weighted by atomic mass is 10.1. The maximum Gasteiger partial charge on any atom is 0.357 e. The maximum absolute atomic E-state index is 12.5. The summed E-state index contributed by atoms with van der Waals surface area (Å²) < 4.78 is 9.80. The van der Waals surface area contributed by atoms with Crippen LogP contribution in [0.5, 0.6) is 0 Å². The van der Waals surface area contributed by atoms with E-state index in [-0.39, 0.29) is 30.4 Å². The number of esters is 2. The van der Waals surface area contributed by atoms with Crippen LogP contribution >= 0.6 is 11.3 Å². The molecule has 0 atom stereocenters. The van der Waals surface area contributed by atoms with Gasteiger partial charge in [0.25, 0.3) is 0 Å². The topological polar surface area (TPSA) is 85.8 Å². The number of hydrogen-bond acceptors (Lipinski definition) is 7. The Kier molecular flexibility index (Phi) is 9.87. The second-order valence-electron chi connectivity index (χ2n) is 6.15. The van der Waals surface area contributed by atoms with Crippen LogP contribution in [-0.2, 0) is 25.6 Å². The van der Waals surface area contributed by atoms with Crippen LogP contribution in [-0.4, -0.2) is 47.5 Å². The second kappa shape index (κ2) is 11.6. The highest BCUT2D eigenvalue weighted by Gasteiger charge is 2.19. The highest BCUT2D eigenvalue weighted by atomic mass is 32.1. The highest BCUT2D eigenvalue weighted by Crippen LogP contribution is 2.16. The average molecular weight is 384 g/mol. The summed E-state index contributed by atoms with van der Waals surface area (Å²) in [5.41, 5.74) is 0.259. The zero-order valence-corrected chi connectivity index (χ0v) is 16.8. The van der Waals surface area contributed by atoms with Crippen molar-refractivity contribution in [3.05, 3.63) is 16.1 Å². The van der Waals surface area contributed by atoms with Gasteiger partial charge in [0.1, 0.15) is 5.01 Å². The summed E-state index contributed by atoms with van der Waals surface area (Å²) in [5, 5.41) is 2.30. The third kappa shape index (κ3) is 7.95. The van der Waals surface area contributed by atoms with Gasteiger partial charge in [-0.1, -0.05) is 13.8 Å². The molecular formula is C18H28N2O5S. The van der Waals surface area contributed by atoms with E-state index in [4.69, 9.17) is 9.47 Å². The number of carbonyl (C=O) groups is 3. The molecule has 8 heteroatoms. The molecule has 0 spiro atoms. The molecule has 0 aromatic carbocycles. The summed E-state index contributed by atoms with van der Waals surface area (Å²) in [6.45, 7) is 9.14. The van der Waals surface area contributed by atoms with E-state index in [1.54, 1.807) is 24.1 Å². The number of hydrogen-bond donors (Lipinski definition) is 0. The van der Waals surface area contributed by atoms with E-state index >= 15 is 0 Å². The fraction of sp³-hybridized carbons (Fsp3) is 0.667. The van der Waals surface area contributed by atoms with E-state index in [9.17, 15) is 14.4 Å². The number of amides is 1. The molecule has 0 fully saturated rings. The van der Waals surface area contributed by atoms with Gasteiger partial charge in [0.2, 0.25) is 5.91 Å². The Bertz CT molecular complexity index is 600. The van der Waals surface area contributed by atoms with Gasteiger partial charge in [0.15, 0.2) is 5.69 Å². The molecule has 146 valence electrons. The van der Waals surface area contributed by atoms with Gasteiger partial charge in [-0.25, -0.2) is 9.78 Å². The molecule has 1 aromatic heterocycles. The first kappa shape index (κ1) is 22.1. The van der Waals surface area contributed by atoms with Gasteiger partial charge in [-0.2, -0.15) is 0 Å². The van der Waals surface area contributed by atoms with Gasteiger partial charge in [-0.05, 0) is 26.2 Å². The predicted molar refractivity (Wildman–Crippen MR) is 98.8 cm³/mol. The van der Waals surface area contributed by atoms with E-state index in [2.05, 4.69) is 18.8 Å². The van der Waals surface area contributed by atoms with Gasteiger partial charge in [0, 0.05) is 18.3 Å². The number of rotatable bonds is 11. The first-order valence-corrected chi connectivity index (χ1v) is 9.80. The molecular weight excluding hydrogens is 356 g/mol. The Balaban J connectivity index is 2.71. The van der Waals surface area contributed by atoms with Crippen molar-refractivity contribution in [3.63, 3.8) is 0 Å². The molecule has 0 aliphatic rings. The number of thiazole rings is 1. The van der Waals surface area contributed by atoms with Crippen molar-refractivity contribution in [1.29, 1.82) is 0 Å². The van der Waals surface area contributed by atoms with Crippen LogP contribution in [0.3, 0.4) is 0 Å². The Morgan fingerprint density at radius 3 is 2.46 bits per heavy atom. The monoisotopic (exact) mass is 384 g/mol. The minimum absolute atomic E-state index is 0.0663. The zero-order valence-electron chi connectivity index (χ0n) is 15.9. The van der Waals surface area contributed by atoms with Crippen LogP contribution in [0.25, 0.3) is 0 Å². The van der Waals surface area contributed by atoms with Crippen molar-refractivity contribution in [3.8, 4) is 0 Å². The molecule has 0 aliphatic heterocycles.